The Labute approximate surface area is 194 Å². The minimum absolute atomic E-state index is 0.0406. The Balaban J connectivity index is 1.68. The summed E-state index contributed by atoms with van der Waals surface area (Å²) in [5.41, 5.74) is 0.959. The first-order valence-electron chi connectivity index (χ1n) is 11.1. The van der Waals surface area contributed by atoms with Gasteiger partial charge in [-0.15, -0.1) is 11.8 Å². The van der Waals surface area contributed by atoms with E-state index in [0.717, 1.165) is 16.5 Å². The van der Waals surface area contributed by atoms with Crippen molar-refractivity contribution in [1.82, 2.24) is 23.7 Å². The summed E-state index contributed by atoms with van der Waals surface area (Å²) in [7, 11) is 1.48. The standard InChI is InChI=1S/C23H27N5O4S/c1-5-11-28-19-17(21(29)26(4)22(28)30)20(25-18(24-19)14(2)3)33-13-8-12-27-15-9-6-7-10-16(15)32-23(27)31/h6-7,9-10,14H,5,8,11-13H2,1-4H3. The van der Waals surface area contributed by atoms with Gasteiger partial charge in [0.1, 0.15) is 16.2 Å². The summed E-state index contributed by atoms with van der Waals surface area (Å²) in [6.45, 7) is 6.90. The lowest BCUT2D eigenvalue weighted by molar-refractivity contribution is 0.503. The summed E-state index contributed by atoms with van der Waals surface area (Å²) < 4.78 is 9.59. The minimum Gasteiger partial charge on any atom is -0.408 e. The second-order valence-corrected chi connectivity index (χ2v) is 9.31. The Morgan fingerprint density at radius 2 is 1.82 bits per heavy atom. The van der Waals surface area contributed by atoms with Crippen LogP contribution in [0.2, 0.25) is 0 Å². The normalized spacial score (nSPS) is 11.8. The molecule has 0 atom stereocenters. The summed E-state index contributed by atoms with van der Waals surface area (Å²) in [6, 6.07) is 7.33. The second kappa shape index (κ2) is 9.38. The molecular weight excluding hydrogens is 442 g/mol. The van der Waals surface area contributed by atoms with Crippen molar-refractivity contribution in [1.29, 1.82) is 0 Å². The Kier molecular flexibility index (Phi) is 6.55. The maximum Gasteiger partial charge on any atom is 0.419 e. The highest BCUT2D eigenvalue weighted by Crippen LogP contribution is 2.25. The number of thioether (sulfide) groups is 1. The molecule has 0 aliphatic carbocycles. The van der Waals surface area contributed by atoms with Gasteiger partial charge in [-0.2, -0.15) is 0 Å². The Bertz CT molecular complexity index is 1500. The molecule has 0 N–H and O–H groups in total. The van der Waals surface area contributed by atoms with E-state index in [1.807, 2.05) is 39.0 Å². The van der Waals surface area contributed by atoms with Crippen LogP contribution >= 0.6 is 11.8 Å². The van der Waals surface area contributed by atoms with E-state index in [1.54, 1.807) is 15.2 Å². The zero-order valence-electron chi connectivity index (χ0n) is 19.2. The Hall–Kier alpha value is -3.14. The number of oxazole rings is 1. The van der Waals surface area contributed by atoms with E-state index in [9.17, 15) is 14.4 Å². The van der Waals surface area contributed by atoms with Crippen molar-refractivity contribution in [2.24, 2.45) is 7.05 Å². The number of hydrogen-bond acceptors (Lipinski definition) is 7. The first-order chi connectivity index (χ1) is 15.8. The van der Waals surface area contributed by atoms with Crippen molar-refractivity contribution in [3.8, 4) is 0 Å². The van der Waals surface area contributed by atoms with Crippen molar-refractivity contribution in [3.63, 3.8) is 0 Å². The summed E-state index contributed by atoms with van der Waals surface area (Å²) >= 11 is 1.44. The molecule has 10 heteroatoms. The van der Waals surface area contributed by atoms with Crippen LogP contribution in [0, 0.1) is 0 Å². The molecule has 3 heterocycles. The Morgan fingerprint density at radius 3 is 2.55 bits per heavy atom. The van der Waals surface area contributed by atoms with Gasteiger partial charge in [-0.25, -0.2) is 19.6 Å². The molecule has 0 bridgehead atoms. The van der Waals surface area contributed by atoms with E-state index in [-0.39, 0.29) is 17.4 Å². The van der Waals surface area contributed by atoms with Gasteiger partial charge in [0.15, 0.2) is 11.2 Å². The topological polar surface area (TPSA) is 105 Å². The van der Waals surface area contributed by atoms with Gasteiger partial charge in [0, 0.05) is 31.8 Å². The maximum absolute atomic E-state index is 13.0. The molecule has 174 valence electrons. The number of fused-ring (bicyclic) bond motifs is 2. The highest BCUT2D eigenvalue weighted by atomic mass is 32.2. The number of hydrogen-bond donors (Lipinski definition) is 0. The summed E-state index contributed by atoms with van der Waals surface area (Å²) in [5, 5.41) is 0.935. The fourth-order valence-corrected chi connectivity index (χ4v) is 4.71. The second-order valence-electron chi connectivity index (χ2n) is 8.23. The van der Waals surface area contributed by atoms with E-state index in [2.05, 4.69) is 9.97 Å². The van der Waals surface area contributed by atoms with Crippen molar-refractivity contribution < 1.29 is 4.42 Å². The third kappa shape index (κ3) is 4.27. The molecule has 9 nitrogen and oxygen atoms in total. The van der Waals surface area contributed by atoms with Crippen LogP contribution in [0.25, 0.3) is 22.1 Å². The molecule has 0 aliphatic heterocycles. The average molecular weight is 470 g/mol. The predicted molar refractivity (Wildman–Crippen MR) is 129 cm³/mol. The molecule has 4 aromatic rings. The first-order valence-corrected chi connectivity index (χ1v) is 12.0. The van der Waals surface area contributed by atoms with Crippen LogP contribution < -0.4 is 17.0 Å². The highest BCUT2D eigenvalue weighted by Gasteiger charge is 2.19. The SMILES string of the molecule is CCCn1c(=O)n(C)c(=O)c2c(SCCCn3c(=O)oc4ccccc43)nc(C(C)C)nc21. The number of nitrogens with zero attached hydrogens (tertiary/aromatic N) is 5. The van der Waals surface area contributed by atoms with Crippen LogP contribution in [0.3, 0.4) is 0 Å². The van der Waals surface area contributed by atoms with Gasteiger partial charge in [0.2, 0.25) is 0 Å². The zero-order valence-corrected chi connectivity index (χ0v) is 20.0. The minimum atomic E-state index is -0.391. The quantitative estimate of drug-likeness (QED) is 0.222. The van der Waals surface area contributed by atoms with Crippen LogP contribution in [0.15, 0.2) is 48.1 Å². The van der Waals surface area contributed by atoms with E-state index in [4.69, 9.17) is 4.42 Å². The third-order valence-electron chi connectivity index (χ3n) is 5.47. The highest BCUT2D eigenvalue weighted by molar-refractivity contribution is 7.99. The number of aryl methyl sites for hydroxylation is 2. The summed E-state index contributed by atoms with van der Waals surface area (Å²) in [5.74, 6) is 0.887. The molecular formula is C23H27N5O4S. The maximum atomic E-state index is 13.0. The van der Waals surface area contributed by atoms with Gasteiger partial charge in [0.05, 0.1) is 5.52 Å². The fourth-order valence-electron chi connectivity index (χ4n) is 3.76. The molecule has 0 aliphatic rings. The molecule has 0 unspecified atom stereocenters. The fraction of sp³-hybridized carbons (Fsp3) is 0.435. The summed E-state index contributed by atoms with van der Waals surface area (Å²) in [4.78, 5) is 47.2. The van der Waals surface area contributed by atoms with Crippen molar-refractivity contribution in [2.75, 3.05) is 5.75 Å². The van der Waals surface area contributed by atoms with Crippen LogP contribution in [-0.2, 0) is 20.1 Å². The van der Waals surface area contributed by atoms with Crippen LogP contribution in [0.1, 0.15) is 45.4 Å². The van der Waals surface area contributed by atoms with Gasteiger partial charge >= 0.3 is 11.4 Å². The number of benzene rings is 1. The molecule has 0 saturated carbocycles. The lowest BCUT2D eigenvalue weighted by Gasteiger charge is -2.15. The van der Waals surface area contributed by atoms with Gasteiger partial charge in [-0.05, 0) is 25.0 Å². The average Bonchev–Trinajstić information content (AvgIpc) is 3.12. The van der Waals surface area contributed by atoms with Crippen molar-refractivity contribution in [2.45, 2.75) is 57.6 Å². The van der Waals surface area contributed by atoms with Crippen molar-refractivity contribution in [3.05, 3.63) is 61.5 Å². The smallest absolute Gasteiger partial charge is 0.408 e. The van der Waals surface area contributed by atoms with E-state index >= 15 is 0 Å². The van der Waals surface area contributed by atoms with Crippen molar-refractivity contribution >= 4 is 33.9 Å². The lowest BCUT2D eigenvalue weighted by atomic mass is 10.2. The van der Waals surface area contributed by atoms with Gasteiger partial charge in [-0.1, -0.05) is 32.9 Å². The van der Waals surface area contributed by atoms with Crippen LogP contribution in [0.4, 0.5) is 0 Å². The lowest BCUT2D eigenvalue weighted by Crippen LogP contribution is -2.39. The van der Waals surface area contributed by atoms with E-state index in [0.29, 0.717) is 52.7 Å². The monoisotopic (exact) mass is 469 g/mol. The van der Waals surface area contributed by atoms with Gasteiger partial charge in [-0.3, -0.25) is 18.5 Å². The molecule has 0 amide bonds. The number of para-hydroxylation sites is 2. The first kappa shape index (κ1) is 23.0. The zero-order chi connectivity index (χ0) is 23.7. The van der Waals surface area contributed by atoms with Gasteiger partial charge < -0.3 is 4.42 Å². The predicted octanol–water partition coefficient (Wildman–Crippen LogP) is 3.11. The molecule has 3 aromatic heterocycles. The molecule has 0 spiro atoms. The molecule has 4 rings (SSSR count). The summed E-state index contributed by atoms with van der Waals surface area (Å²) in [6.07, 6.45) is 1.41. The van der Waals surface area contributed by atoms with Gasteiger partial charge in [0.25, 0.3) is 5.56 Å². The number of aromatic nitrogens is 5. The number of rotatable bonds is 8. The van der Waals surface area contributed by atoms with E-state index < -0.39 is 5.56 Å². The van der Waals surface area contributed by atoms with E-state index in [1.165, 1.54) is 18.8 Å². The third-order valence-corrected chi connectivity index (χ3v) is 6.53. The molecule has 0 radical (unpaired) electrons. The largest absolute Gasteiger partial charge is 0.419 e. The molecule has 33 heavy (non-hydrogen) atoms. The van der Waals surface area contributed by atoms with Crippen LogP contribution in [-0.4, -0.2) is 29.4 Å². The molecule has 0 fully saturated rings. The molecule has 0 saturated heterocycles. The molecule has 1 aromatic carbocycles. The van der Waals surface area contributed by atoms with Crippen LogP contribution in [0.5, 0.6) is 0 Å². The Morgan fingerprint density at radius 1 is 1.06 bits per heavy atom.